The quantitative estimate of drug-likeness (QED) is 0.728. The summed E-state index contributed by atoms with van der Waals surface area (Å²) in [6.07, 6.45) is 5.02. The molecule has 1 aromatic heterocycles. The maximum absolute atomic E-state index is 13.0. The fourth-order valence-electron chi connectivity index (χ4n) is 4.11. The third-order valence-electron chi connectivity index (χ3n) is 5.77. The topological polar surface area (TPSA) is 88.6 Å². The minimum absolute atomic E-state index is 0.0997. The second-order valence-electron chi connectivity index (χ2n) is 8.16. The predicted molar refractivity (Wildman–Crippen MR) is 121 cm³/mol. The van der Waals surface area contributed by atoms with Crippen molar-refractivity contribution in [1.82, 2.24) is 4.98 Å². The molecule has 0 spiro atoms. The Kier molecular flexibility index (Phi) is 6.50. The Morgan fingerprint density at radius 2 is 2.03 bits per heavy atom. The smallest absolute Gasteiger partial charge is 0.256 e. The standard InChI is InChI=1S/C22H26ClN3O4S/c1-15-14-24-21(26-5-2-8-31(26,28)29)13-20(15)22(27)25-19-11-17(10-18(23)12-19)9-16-3-6-30-7-4-16/h10-14,16H,2-9H2,1H3,(H,25,27). The molecule has 2 aromatic rings. The van der Waals surface area contributed by atoms with Crippen molar-refractivity contribution in [3.8, 4) is 0 Å². The first-order chi connectivity index (χ1) is 14.8. The second-order valence-corrected chi connectivity index (χ2v) is 10.6. The maximum Gasteiger partial charge on any atom is 0.256 e. The Bertz CT molecular complexity index is 1080. The minimum atomic E-state index is -3.37. The van der Waals surface area contributed by atoms with Gasteiger partial charge in [0.05, 0.1) is 5.75 Å². The zero-order valence-electron chi connectivity index (χ0n) is 17.4. The van der Waals surface area contributed by atoms with Gasteiger partial charge >= 0.3 is 0 Å². The lowest BCUT2D eigenvalue weighted by Gasteiger charge is -2.22. The van der Waals surface area contributed by atoms with Crippen molar-refractivity contribution in [2.45, 2.75) is 32.6 Å². The van der Waals surface area contributed by atoms with Crippen LogP contribution in [0.2, 0.25) is 5.02 Å². The number of carbonyl (C=O) groups is 1. The van der Waals surface area contributed by atoms with E-state index in [0.29, 0.717) is 40.7 Å². The third kappa shape index (κ3) is 5.19. The summed E-state index contributed by atoms with van der Waals surface area (Å²) in [4.78, 5) is 17.2. The van der Waals surface area contributed by atoms with Gasteiger partial charge in [-0.1, -0.05) is 11.6 Å². The summed E-state index contributed by atoms with van der Waals surface area (Å²) in [5, 5.41) is 3.48. The lowest BCUT2D eigenvalue weighted by molar-refractivity contribution is 0.0665. The fraction of sp³-hybridized carbons (Fsp3) is 0.455. The summed E-state index contributed by atoms with van der Waals surface area (Å²) in [5.74, 6) is 0.599. The van der Waals surface area contributed by atoms with Crippen LogP contribution in [0.15, 0.2) is 30.5 Å². The molecule has 2 aliphatic heterocycles. The average Bonchev–Trinajstić information content (AvgIpc) is 3.07. The van der Waals surface area contributed by atoms with Crippen LogP contribution in [0.25, 0.3) is 0 Å². The van der Waals surface area contributed by atoms with Gasteiger partial charge in [-0.2, -0.15) is 0 Å². The number of sulfonamides is 1. The monoisotopic (exact) mass is 463 g/mol. The van der Waals surface area contributed by atoms with Crippen molar-refractivity contribution >= 4 is 39.0 Å². The van der Waals surface area contributed by atoms with Crippen molar-refractivity contribution in [2.75, 3.05) is 35.1 Å². The van der Waals surface area contributed by atoms with Gasteiger partial charge in [-0.05, 0) is 73.9 Å². The third-order valence-corrected chi connectivity index (χ3v) is 7.83. The first-order valence-electron chi connectivity index (χ1n) is 10.5. The van der Waals surface area contributed by atoms with Crippen LogP contribution in [0.1, 0.15) is 40.7 Å². The number of hydrogen-bond acceptors (Lipinski definition) is 5. The lowest BCUT2D eigenvalue weighted by Crippen LogP contribution is -2.26. The van der Waals surface area contributed by atoms with Crippen molar-refractivity contribution in [2.24, 2.45) is 5.92 Å². The number of hydrogen-bond donors (Lipinski definition) is 1. The molecule has 9 heteroatoms. The molecule has 1 aromatic carbocycles. The Balaban J connectivity index is 1.53. The van der Waals surface area contributed by atoms with E-state index >= 15 is 0 Å². The van der Waals surface area contributed by atoms with Gasteiger partial charge in [0.2, 0.25) is 10.0 Å². The fourth-order valence-corrected chi connectivity index (χ4v) is 5.88. The van der Waals surface area contributed by atoms with E-state index in [1.165, 1.54) is 10.5 Å². The molecule has 1 amide bonds. The summed E-state index contributed by atoms with van der Waals surface area (Å²) in [6, 6.07) is 7.14. The van der Waals surface area contributed by atoms with Crippen LogP contribution in [-0.2, 0) is 21.2 Å². The molecule has 0 atom stereocenters. The number of pyridine rings is 1. The van der Waals surface area contributed by atoms with E-state index in [1.807, 2.05) is 12.1 Å². The van der Waals surface area contributed by atoms with Gasteiger partial charge < -0.3 is 10.1 Å². The average molecular weight is 464 g/mol. The number of ether oxygens (including phenoxy) is 1. The second kappa shape index (κ2) is 9.14. The number of rotatable bonds is 5. The molecule has 0 radical (unpaired) electrons. The van der Waals surface area contributed by atoms with Crippen molar-refractivity contribution in [1.29, 1.82) is 0 Å². The number of amides is 1. The largest absolute Gasteiger partial charge is 0.381 e. The van der Waals surface area contributed by atoms with Crippen molar-refractivity contribution in [3.63, 3.8) is 0 Å². The van der Waals surface area contributed by atoms with E-state index in [9.17, 15) is 13.2 Å². The highest BCUT2D eigenvalue weighted by Crippen LogP contribution is 2.27. The van der Waals surface area contributed by atoms with E-state index in [4.69, 9.17) is 16.3 Å². The van der Waals surface area contributed by atoms with E-state index in [2.05, 4.69) is 10.3 Å². The molecular formula is C22H26ClN3O4S. The van der Waals surface area contributed by atoms with Crippen LogP contribution in [0.3, 0.4) is 0 Å². The number of aryl methyl sites for hydroxylation is 1. The highest BCUT2D eigenvalue weighted by atomic mass is 35.5. The number of anilines is 2. The van der Waals surface area contributed by atoms with E-state index < -0.39 is 10.0 Å². The molecule has 7 nitrogen and oxygen atoms in total. The number of halogens is 1. The normalized spacial score (nSPS) is 18.8. The molecule has 0 bridgehead atoms. The SMILES string of the molecule is Cc1cnc(N2CCCS2(=O)=O)cc1C(=O)Nc1cc(Cl)cc(CC2CCOCC2)c1. The Morgan fingerprint density at radius 1 is 1.26 bits per heavy atom. The molecule has 1 N–H and O–H groups in total. The summed E-state index contributed by atoms with van der Waals surface area (Å²) in [5.41, 5.74) is 2.75. The Hall–Kier alpha value is -2.16. The molecule has 2 aliphatic rings. The van der Waals surface area contributed by atoms with Gasteiger partial charge in [-0.3, -0.25) is 9.10 Å². The first-order valence-corrected chi connectivity index (χ1v) is 12.5. The van der Waals surface area contributed by atoms with Crippen LogP contribution in [0.4, 0.5) is 11.5 Å². The van der Waals surface area contributed by atoms with Crippen molar-refractivity contribution < 1.29 is 17.9 Å². The highest BCUT2D eigenvalue weighted by Gasteiger charge is 2.30. The number of carbonyl (C=O) groups excluding carboxylic acids is 1. The number of benzene rings is 1. The van der Waals surface area contributed by atoms with Crippen molar-refractivity contribution in [3.05, 3.63) is 52.2 Å². The van der Waals surface area contributed by atoms with E-state index in [-0.39, 0.29) is 17.5 Å². The Morgan fingerprint density at radius 3 is 2.74 bits per heavy atom. The molecule has 0 unspecified atom stereocenters. The predicted octanol–water partition coefficient (Wildman–Crippen LogP) is 3.80. The van der Waals surface area contributed by atoms with Crippen LogP contribution in [0, 0.1) is 12.8 Å². The van der Waals surface area contributed by atoms with Gasteiger partial charge in [0.1, 0.15) is 5.82 Å². The Labute approximate surface area is 187 Å². The summed E-state index contributed by atoms with van der Waals surface area (Å²) >= 11 is 6.31. The van der Waals surface area contributed by atoms with Crippen LogP contribution in [0.5, 0.6) is 0 Å². The molecule has 2 saturated heterocycles. The van der Waals surface area contributed by atoms with Crippen LogP contribution >= 0.6 is 11.6 Å². The number of nitrogens with one attached hydrogen (secondary N) is 1. The summed E-state index contributed by atoms with van der Waals surface area (Å²) < 4.78 is 31.1. The van der Waals surface area contributed by atoms with Gasteiger partial charge in [-0.15, -0.1) is 0 Å². The maximum atomic E-state index is 13.0. The molecule has 2 fully saturated rings. The van der Waals surface area contributed by atoms with Gasteiger partial charge in [0.15, 0.2) is 0 Å². The van der Waals surface area contributed by atoms with Gasteiger partial charge in [0, 0.05) is 42.2 Å². The zero-order chi connectivity index (χ0) is 22.0. The van der Waals surface area contributed by atoms with E-state index in [0.717, 1.165) is 38.0 Å². The minimum Gasteiger partial charge on any atom is -0.381 e. The van der Waals surface area contributed by atoms with Gasteiger partial charge in [0.25, 0.3) is 5.91 Å². The molecule has 4 rings (SSSR count). The molecular weight excluding hydrogens is 438 g/mol. The van der Waals surface area contributed by atoms with Crippen LogP contribution in [-0.4, -0.2) is 44.8 Å². The van der Waals surface area contributed by atoms with E-state index in [1.54, 1.807) is 19.1 Å². The number of aromatic nitrogens is 1. The van der Waals surface area contributed by atoms with Crippen LogP contribution < -0.4 is 9.62 Å². The first kappa shape index (κ1) is 22.0. The molecule has 0 aliphatic carbocycles. The number of nitrogens with zero attached hydrogens (tertiary/aromatic N) is 2. The summed E-state index contributed by atoms with van der Waals surface area (Å²) in [7, 11) is -3.37. The highest BCUT2D eigenvalue weighted by molar-refractivity contribution is 7.93. The molecule has 31 heavy (non-hydrogen) atoms. The van der Waals surface area contributed by atoms with Gasteiger partial charge in [-0.25, -0.2) is 13.4 Å². The zero-order valence-corrected chi connectivity index (χ0v) is 19.0. The molecule has 3 heterocycles. The summed E-state index contributed by atoms with van der Waals surface area (Å²) in [6.45, 7) is 3.72. The lowest BCUT2D eigenvalue weighted by atomic mass is 9.92. The molecule has 166 valence electrons. The molecule has 0 saturated carbocycles.